The molecule has 6 heteroatoms. The molecular weight excluding hydrogens is 320 g/mol. The maximum absolute atomic E-state index is 12.5. The number of amides is 2. The summed E-state index contributed by atoms with van der Waals surface area (Å²) in [5.74, 6) is -0.406. The lowest BCUT2D eigenvalue weighted by atomic mass is 10.1. The van der Waals surface area contributed by atoms with Crippen LogP contribution in [0.3, 0.4) is 0 Å². The predicted octanol–water partition coefficient (Wildman–Crippen LogP) is 3.08. The molecule has 0 unspecified atom stereocenters. The molecular formula is C19H20N2O4. The Hall–Kier alpha value is -2.86. The molecule has 0 spiro atoms. The van der Waals surface area contributed by atoms with Gasteiger partial charge < -0.3 is 19.7 Å². The first kappa shape index (κ1) is 17.0. The van der Waals surface area contributed by atoms with Crippen molar-refractivity contribution in [2.75, 3.05) is 32.1 Å². The van der Waals surface area contributed by atoms with Crippen LogP contribution in [-0.4, -0.2) is 43.7 Å². The predicted molar refractivity (Wildman–Crippen MR) is 93.5 cm³/mol. The van der Waals surface area contributed by atoms with Gasteiger partial charge in [0.25, 0.3) is 0 Å². The van der Waals surface area contributed by atoms with Crippen LogP contribution >= 0.6 is 0 Å². The first-order chi connectivity index (χ1) is 12.2. The van der Waals surface area contributed by atoms with Crippen molar-refractivity contribution < 1.29 is 19.1 Å². The third-order valence-corrected chi connectivity index (χ3v) is 4.08. The van der Waals surface area contributed by atoms with E-state index in [0.717, 1.165) is 5.56 Å². The topological polar surface area (TPSA) is 67.9 Å². The number of benzene rings is 2. The number of hydrogen-bond acceptors (Lipinski definition) is 4. The van der Waals surface area contributed by atoms with E-state index in [0.29, 0.717) is 30.9 Å². The van der Waals surface area contributed by atoms with Crippen molar-refractivity contribution in [2.45, 2.75) is 6.10 Å². The van der Waals surface area contributed by atoms with Crippen molar-refractivity contribution >= 4 is 17.7 Å². The minimum Gasteiger partial charge on any atom is -0.465 e. The van der Waals surface area contributed by atoms with E-state index in [9.17, 15) is 9.59 Å². The summed E-state index contributed by atoms with van der Waals surface area (Å²) in [5.41, 5.74) is 2.12. The fourth-order valence-electron chi connectivity index (χ4n) is 2.71. The summed E-state index contributed by atoms with van der Waals surface area (Å²) >= 11 is 0. The van der Waals surface area contributed by atoms with Crippen molar-refractivity contribution in [3.05, 3.63) is 65.7 Å². The molecule has 1 heterocycles. The minimum atomic E-state index is -0.406. The number of rotatable bonds is 3. The number of morpholine rings is 1. The van der Waals surface area contributed by atoms with Crippen LogP contribution in [0.4, 0.5) is 10.5 Å². The molecule has 1 N–H and O–H groups in total. The highest BCUT2D eigenvalue weighted by molar-refractivity contribution is 5.92. The number of nitrogens with zero attached hydrogens (tertiary/aromatic N) is 1. The van der Waals surface area contributed by atoms with E-state index in [1.807, 2.05) is 30.3 Å². The average molecular weight is 340 g/mol. The lowest BCUT2D eigenvalue weighted by Crippen LogP contribution is -2.44. The van der Waals surface area contributed by atoms with Gasteiger partial charge in [0.05, 0.1) is 25.8 Å². The van der Waals surface area contributed by atoms with Crippen LogP contribution in [0.2, 0.25) is 0 Å². The normalized spacial score (nSPS) is 17.0. The zero-order valence-corrected chi connectivity index (χ0v) is 14.0. The summed E-state index contributed by atoms with van der Waals surface area (Å²) < 4.78 is 10.4. The van der Waals surface area contributed by atoms with Gasteiger partial charge in [-0.1, -0.05) is 30.3 Å². The number of carbonyl (C=O) groups is 2. The van der Waals surface area contributed by atoms with E-state index in [1.165, 1.54) is 7.11 Å². The van der Waals surface area contributed by atoms with Gasteiger partial charge in [0.1, 0.15) is 6.10 Å². The van der Waals surface area contributed by atoms with Crippen LogP contribution in [0, 0.1) is 0 Å². The zero-order valence-electron chi connectivity index (χ0n) is 14.0. The monoisotopic (exact) mass is 340 g/mol. The van der Waals surface area contributed by atoms with Crippen molar-refractivity contribution in [2.24, 2.45) is 0 Å². The molecule has 6 nitrogen and oxygen atoms in total. The van der Waals surface area contributed by atoms with Gasteiger partial charge in [0.2, 0.25) is 0 Å². The first-order valence-electron chi connectivity index (χ1n) is 8.08. The van der Waals surface area contributed by atoms with Gasteiger partial charge in [-0.15, -0.1) is 0 Å². The second-order valence-corrected chi connectivity index (χ2v) is 5.72. The van der Waals surface area contributed by atoms with Crippen molar-refractivity contribution in [1.82, 2.24) is 4.90 Å². The molecule has 2 aromatic rings. The van der Waals surface area contributed by atoms with Crippen LogP contribution in [0.5, 0.6) is 0 Å². The molecule has 1 aliphatic rings. The molecule has 1 fully saturated rings. The quantitative estimate of drug-likeness (QED) is 0.872. The van der Waals surface area contributed by atoms with Crippen LogP contribution < -0.4 is 5.32 Å². The van der Waals surface area contributed by atoms with E-state index in [1.54, 1.807) is 29.2 Å². The number of anilines is 1. The van der Waals surface area contributed by atoms with E-state index >= 15 is 0 Å². The standard InChI is InChI=1S/C19H20N2O4/c1-24-18(22)15-7-9-16(10-8-15)20-19(23)21-11-12-25-17(13-21)14-5-3-2-4-6-14/h2-10,17H,11-13H2,1H3,(H,20,23)/t17-/m1/s1. The molecule has 0 aromatic heterocycles. The van der Waals surface area contributed by atoms with Gasteiger partial charge in [-0.05, 0) is 29.8 Å². The Bertz CT molecular complexity index is 731. The smallest absolute Gasteiger partial charge is 0.337 e. The molecule has 0 bridgehead atoms. The number of carbonyl (C=O) groups excluding carboxylic acids is 2. The average Bonchev–Trinajstić information content (AvgIpc) is 2.68. The van der Waals surface area contributed by atoms with Crippen LogP contribution in [0.25, 0.3) is 0 Å². The second-order valence-electron chi connectivity index (χ2n) is 5.72. The molecule has 2 amide bonds. The molecule has 25 heavy (non-hydrogen) atoms. The molecule has 1 aliphatic heterocycles. The number of methoxy groups -OCH3 is 1. The highest BCUT2D eigenvalue weighted by Crippen LogP contribution is 2.22. The van der Waals surface area contributed by atoms with Crippen molar-refractivity contribution in [3.63, 3.8) is 0 Å². The number of nitrogens with one attached hydrogen (secondary N) is 1. The van der Waals surface area contributed by atoms with Crippen LogP contribution in [0.1, 0.15) is 22.0 Å². The summed E-state index contributed by atoms with van der Waals surface area (Å²) in [6.07, 6.45) is -0.123. The Morgan fingerprint density at radius 3 is 2.52 bits per heavy atom. The van der Waals surface area contributed by atoms with E-state index in [-0.39, 0.29) is 12.1 Å². The molecule has 130 valence electrons. The Morgan fingerprint density at radius 2 is 1.84 bits per heavy atom. The van der Waals surface area contributed by atoms with Gasteiger partial charge in [0, 0.05) is 12.2 Å². The van der Waals surface area contributed by atoms with Crippen LogP contribution in [-0.2, 0) is 9.47 Å². The molecule has 2 aromatic carbocycles. The number of ether oxygens (including phenoxy) is 2. The van der Waals surface area contributed by atoms with E-state index in [2.05, 4.69) is 10.1 Å². The van der Waals surface area contributed by atoms with Crippen LogP contribution in [0.15, 0.2) is 54.6 Å². The Balaban J connectivity index is 1.62. The van der Waals surface area contributed by atoms with E-state index < -0.39 is 5.97 Å². The van der Waals surface area contributed by atoms with Gasteiger partial charge in [0.15, 0.2) is 0 Å². The Morgan fingerprint density at radius 1 is 1.12 bits per heavy atom. The molecule has 0 aliphatic carbocycles. The fourth-order valence-corrected chi connectivity index (χ4v) is 2.71. The Kier molecular flexibility index (Phi) is 5.30. The summed E-state index contributed by atoms with van der Waals surface area (Å²) in [5, 5.41) is 2.85. The second kappa shape index (κ2) is 7.81. The Labute approximate surface area is 146 Å². The highest BCUT2D eigenvalue weighted by atomic mass is 16.5. The minimum absolute atomic E-state index is 0.123. The highest BCUT2D eigenvalue weighted by Gasteiger charge is 2.25. The number of esters is 1. The van der Waals surface area contributed by atoms with Gasteiger partial charge in [-0.25, -0.2) is 9.59 Å². The molecule has 3 rings (SSSR count). The SMILES string of the molecule is COC(=O)c1ccc(NC(=O)N2CCO[C@@H](c3ccccc3)C2)cc1. The zero-order chi connectivity index (χ0) is 17.6. The maximum atomic E-state index is 12.5. The first-order valence-corrected chi connectivity index (χ1v) is 8.08. The molecule has 1 atom stereocenters. The number of hydrogen-bond donors (Lipinski definition) is 1. The summed E-state index contributed by atoms with van der Waals surface area (Å²) in [6, 6.07) is 16.3. The van der Waals surface area contributed by atoms with E-state index in [4.69, 9.17) is 4.74 Å². The molecule has 0 radical (unpaired) electrons. The van der Waals surface area contributed by atoms with Gasteiger partial charge >= 0.3 is 12.0 Å². The third kappa shape index (κ3) is 4.16. The van der Waals surface area contributed by atoms with Crippen molar-refractivity contribution in [1.29, 1.82) is 0 Å². The van der Waals surface area contributed by atoms with Gasteiger partial charge in [-0.3, -0.25) is 0 Å². The third-order valence-electron chi connectivity index (χ3n) is 4.08. The largest absolute Gasteiger partial charge is 0.465 e. The maximum Gasteiger partial charge on any atom is 0.337 e. The number of urea groups is 1. The molecule has 1 saturated heterocycles. The molecule has 0 saturated carbocycles. The lowest BCUT2D eigenvalue weighted by molar-refractivity contribution is -0.0135. The lowest BCUT2D eigenvalue weighted by Gasteiger charge is -2.33. The summed E-state index contributed by atoms with van der Waals surface area (Å²) in [7, 11) is 1.33. The van der Waals surface area contributed by atoms with Gasteiger partial charge in [-0.2, -0.15) is 0 Å². The summed E-state index contributed by atoms with van der Waals surface area (Å²) in [6.45, 7) is 1.53. The van der Waals surface area contributed by atoms with Crippen molar-refractivity contribution in [3.8, 4) is 0 Å². The summed E-state index contributed by atoms with van der Waals surface area (Å²) in [4.78, 5) is 25.7. The fraction of sp³-hybridized carbons (Fsp3) is 0.263.